The van der Waals surface area contributed by atoms with Gasteiger partial charge in [-0.1, -0.05) is 0 Å². The molecule has 0 atom stereocenters. The summed E-state index contributed by atoms with van der Waals surface area (Å²) < 4.78 is 23.6. The fourth-order valence-corrected chi connectivity index (χ4v) is 2.54. The number of nitrogens with one attached hydrogen (secondary N) is 1. The van der Waals surface area contributed by atoms with Crippen LogP contribution in [0.15, 0.2) is 0 Å². The topological polar surface area (TPSA) is 75.4 Å². The highest BCUT2D eigenvalue weighted by Crippen LogP contribution is 2.18. The van der Waals surface area contributed by atoms with Crippen molar-refractivity contribution in [3.63, 3.8) is 0 Å². The van der Waals surface area contributed by atoms with E-state index in [-0.39, 0.29) is 5.54 Å². The van der Waals surface area contributed by atoms with E-state index in [4.69, 9.17) is 5.14 Å². The molecule has 1 saturated heterocycles. The lowest BCUT2D eigenvalue weighted by Crippen LogP contribution is -2.46. The summed E-state index contributed by atoms with van der Waals surface area (Å²) in [7, 11) is -3.48. The van der Waals surface area contributed by atoms with E-state index in [1.807, 2.05) is 0 Å². The van der Waals surface area contributed by atoms with Gasteiger partial charge in [0.1, 0.15) is 0 Å². The van der Waals surface area contributed by atoms with E-state index < -0.39 is 10.2 Å². The summed E-state index contributed by atoms with van der Waals surface area (Å²) in [5.41, 5.74) is 0.122. The fraction of sp³-hybridized carbons (Fsp3) is 1.00. The van der Waals surface area contributed by atoms with Crippen LogP contribution in [-0.4, -0.2) is 37.9 Å². The van der Waals surface area contributed by atoms with Crippen LogP contribution in [0.5, 0.6) is 0 Å². The Morgan fingerprint density at radius 1 is 1.31 bits per heavy atom. The molecule has 0 spiro atoms. The predicted octanol–water partition coefficient (Wildman–Crippen LogP) is 0.290. The van der Waals surface area contributed by atoms with Crippen LogP contribution < -0.4 is 10.5 Å². The van der Waals surface area contributed by atoms with Gasteiger partial charge in [-0.3, -0.25) is 0 Å². The summed E-state index contributed by atoms with van der Waals surface area (Å²) in [5.74, 6) is 0.553. The van der Waals surface area contributed by atoms with Gasteiger partial charge in [0.05, 0.1) is 0 Å². The number of hydrogen-bond acceptors (Lipinski definition) is 3. The monoisotopic (exact) mass is 249 g/mol. The maximum atomic E-state index is 11.1. The molecule has 0 aliphatic carbocycles. The first-order valence-corrected chi connectivity index (χ1v) is 7.22. The SMILES string of the molecule is CC(C)(C)NCC1CCN(S(N)(=O)=O)CC1. The molecule has 96 valence electrons. The van der Waals surface area contributed by atoms with Gasteiger partial charge >= 0.3 is 0 Å². The minimum atomic E-state index is -3.48. The van der Waals surface area contributed by atoms with E-state index in [9.17, 15) is 8.42 Å². The van der Waals surface area contributed by atoms with Gasteiger partial charge < -0.3 is 5.32 Å². The van der Waals surface area contributed by atoms with E-state index in [2.05, 4.69) is 26.1 Å². The van der Waals surface area contributed by atoms with Crippen LogP contribution in [-0.2, 0) is 10.2 Å². The number of nitrogens with zero attached hydrogens (tertiary/aromatic N) is 1. The van der Waals surface area contributed by atoms with Gasteiger partial charge in [0.15, 0.2) is 0 Å². The zero-order valence-corrected chi connectivity index (χ0v) is 11.2. The quantitative estimate of drug-likeness (QED) is 0.755. The van der Waals surface area contributed by atoms with Crippen LogP contribution in [0.3, 0.4) is 0 Å². The van der Waals surface area contributed by atoms with Crippen molar-refractivity contribution >= 4 is 10.2 Å². The van der Waals surface area contributed by atoms with E-state index in [0.29, 0.717) is 19.0 Å². The van der Waals surface area contributed by atoms with E-state index in [0.717, 1.165) is 19.4 Å². The van der Waals surface area contributed by atoms with E-state index in [1.165, 1.54) is 4.31 Å². The van der Waals surface area contributed by atoms with Crippen LogP contribution in [0.25, 0.3) is 0 Å². The third kappa shape index (κ3) is 4.78. The predicted molar refractivity (Wildman–Crippen MR) is 65.2 cm³/mol. The minimum absolute atomic E-state index is 0.122. The summed E-state index contributed by atoms with van der Waals surface area (Å²) in [5, 5.41) is 8.53. The average Bonchev–Trinajstić information content (AvgIpc) is 2.13. The molecule has 0 amide bonds. The highest BCUT2D eigenvalue weighted by molar-refractivity contribution is 7.86. The number of hydrogen-bond donors (Lipinski definition) is 2. The van der Waals surface area contributed by atoms with Gasteiger partial charge in [0.25, 0.3) is 10.2 Å². The molecule has 1 fully saturated rings. The number of rotatable bonds is 3. The Morgan fingerprint density at radius 3 is 2.19 bits per heavy atom. The Morgan fingerprint density at radius 2 is 1.81 bits per heavy atom. The zero-order valence-electron chi connectivity index (χ0n) is 10.4. The summed E-state index contributed by atoms with van der Waals surface area (Å²) in [4.78, 5) is 0. The molecule has 6 heteroatoms. The molecule has 0 aromatic heterocycles. The lowest BCUT2D eigenvalue weighted by atomic mass is 9.97. The molecule has 0 bridgehead atoms. The zero-order chi connectivity index (χ0) is 12.4. The lowest BCUT2D eigenvalue weighted by Gasteiger charge is -2.32. The Bertz CT molecular complexity index is 313. The van der Waals surface area contributed by atoms with Crippen molar-refractivity contribution in [1.29, 1.82) is 0 Å². The molecule has 1 rings (SSSR count). The van der Waals surface area contributed by atoms with Crippen molar-refractivity contribution < 1.29 is 8.42 Å². The van der Waals surface area contributed by atoms with Crippen molar-refractivity contribution in [2.75, 3.05) is 19.6 Å². The molecule has 0 radical (unpaired) electrons. The Kier molecular flexibility index (Phi) is 4.34. The van der Waals surface area contributed by atoms with E-state index >= 15 is 0 Å². The molecule has 1 aliphatic heterocycles. The molecule has 1 aliphatic rings. The third-order valence-corrected chi connectivity index (χ3v) is 3.94. The van der Waals surface area contributed by atoms with Gasteiger partial charge in [0, 0.05) is 18.6 Å². The second-order valence-corrected chi connectivity index (χ2v) is 7.06. The first-order valence-electron chi connectivity index (χ1n) is 5.71. The molecular weight excluding hydrogens is 226 g/mol. The van der Waals surface area contributed by atoms with Crippen LogP contribution in [0.2, 0.25) is 0 Å². The van der Waals surface area contributed by atoms with Gasteiger partial charge in [-0.15, -0.1) is 0 Å². The van der Waals surface area contributed by atoms with Gasteiger partial charge in [-0.05, 0) is 46.1 Å². The summed E-state index contributed by atoms with van der Waals surface area (Å²) in [6, 6.07) is 0. The lowest BCUT2D eigenvalue weighted by molar-refractivity contribution is 0.252. The molecule has 1 heterocycles. The van der Waals surface area contributed by atoms with Crippen molar-refractivity contribution in [2.24, 2.45) is 11.1 Å². The minimum Gasteiger partial charge on any atom is -0.312 e. The number of nitrogens with two attached hydrogens (primary N) is 1. The largest absolute Gasteiger partial charge is 0.312 e. The molecular formula is C10H23N3O2S. The summed E-state index contributed by atoms with van der Waals surface area (Å²) in [6.07, 6.45) is 1.78. The maximum Gasteiger partial charge on any atom is 0.276 e. The van der Waals surface area contributed by atoms with Crippen LogP contribution in [0.4, 0.5) is 0 Å². The fourth-order valence-electron chi connectivity index (χ4n) is 1.82. The molecule has 0 aromatic carbocycles. The third-order valence-electron chi connectivity index (χ3n) is 2.85. The second kappa shape index (κ2) is 5.00. The molecule has 0 unspecified atom stereocenters. The Labute approximate surface area is 98.6 Å². The first-order chi connectivity index (χ1) is 7.18. The Balaban J connectivity index is 2.33. The van der Waals surface area contributed by atoms with Crippen molar-refractivity contribution in [3.8, 4) is 0 Å². The summed E-state index contributed by atoms with van der Waals surface area (Å²) >= 11 is 0. The van der Waals surface area contributed by atoms with Crippen molar-refractivity contribution in [2.45, 2.75) is 39.2 Å². The standard InChI is InChI=1S/C10H23N3O2S/c1-10(2,3)12-8-9-4-6-13(7-5-9)16(11,14)15/h9,12H,4-8H2,1-3H3,(H2,11,14,15). The normalized spacial score (nSPS) is 21.2. The molecule has 0 saturated carbocycles. The maximum absolute atomic E-state index is 11.1. The second-order valence-electron chi connectivity index (χ2n) is 5.52. The number of piperidine rings is 1. The highest BCUT2D eigenvalue weighted by atomic mass is 32.2. The molecule has 3 N–H and O–H groups in total. The molecule has 0 aromatic rings. The van der Waals surface area contributed by atoms with Gasteiger partial charge in [-0.2, -0.15) is 12.7 Å². The first kappa shape index (κ1) is 13.9. The summed E-state index contributed by atoms with van der Waals surface area (Å²) in [6.45, 7) is 8.44. The molecule has 5 nitrogen and oxygen atoms in total. The van der Waals surface area contributed by atoms with Crippen LogP contribution >= 0.6 is 0 Å². The highest BCUT2D eigenvalue weighted by Gasteiger charge is 2.25. The van der Waals surface area contributed by atoms with Gasteiger partial charge in [0.2, 0.25) is 0 Å². The Hall–Kier alpha value is -0.170. The van der Waals surface area contributed by atoms with Crippen LogP contribution in [0.1, 0.15) is 33.6 Å². The smallest absolute Gasteiger partial charge is 0.276 e. The van der Waals surface area contributed by atoms with Gasteiger partial charge in [-0.25, -0.2) is 5.14 Å². The van der Waals surface area contributed by atoms with Crippen LogP contribution in [0, 0.1) is 5.92 Å². The van der Waals surface area contributed by atoms with Crippen molar-refractivity contribution in [3.05, 3.63) is 0 Å². The molecule has 16 heavy (non-hydrogen) atoms. The van der Waals surface area contributed by atoms with Crippen molar-refractivity contribution in [1.82, 2.24) is 9.62 Å². The average molecular weight is 249 g/mol. The van der Waals surface area contributed by atoms with E-state index in [1.54, 1.807) is 0 Å².